The predicted molar refractivity (Wildman–Crippen MR) is 196 cm³/mol. The van der Waals surface area contributed by atoms with Gasteiger partial charge in [-0.1, -0.05) is 47.5 Å². The van der Waals surface area contributed by atoms with Crippen molar-refractivity contribution in [2.75, 3.05) is 34.0 Å². The van der Waals surface area contributed by atoms with Crippen molar-refractivity contribution < 1.29 is 19.0 Å². The highest BCUT2D eigenvalue weighted by Crippen LogP contribution is 2.47. The second kappa shape index (κ2) is 14.0. The molecule has 1 unspecified atom stereocenters. The van der Waals surface area contributed by atoms with Crippen LogP contribution >= 0.6 is 23.2 Å². The lowest BCUT2D eigenvalue weighted by molar-refractivity contribution is -0.167. The largest absolute Gasteiger partial charge is 0.493 e. The van der Waals surface area contributed by atoms with Crippen molar-refractivity contribution in [1.29, 1.82) is 0 Å². The van der Waals surface area contributed by atoms with Gasteiger partial charge in [-0.05, 0) is 37.5 Å². The van der Waals surface area contributed by atoms with E-state index < -0.39 is 0 Å². The lowest BCUT2D eigenvalue weighted by Crippen LogP contribution is -2.58. The van der Waals surface area contributed by atoms with Gasteiger partial charge in [0.1, 0.15) is 0 Å². The molecule has 0 bridgehead atoms. The topological polar surface area (TPSA) is 124 Å². The van der Waals surface area contributed by atoms with Crippen molar-refractivity contribution in [1.82, 2.24) is 35.3 Å². The first-order valence-corrected chi connectivity index (χ1v) is 17.9. The van der Waals surface area contributed by atoms with Gasteiger partial charge in [-0.25, -0.2) is 9.97 Å². The smallest absolute Gasteiger partial charge is 0.220 e. The van der Waals surface area contributed by atoms with E-state index in [1.165, 1.54) is 0 Å². The van der Waals surface area contributed by atoms with Crippen molar-refractivity contribution in [3.63, 3.8) is 0 Å². The molecule has 11 nitrogen and oxygen atoms in total. The number of methoxy groups -OCH3 is 2. The second-order valence-corrected chi connectivity index (χ2v) is 14.5. The van der Waals surface area contributed by atoms with E-state index in [4.69, 9.17) is 47.4 Å². The van der Waals surface area contributed by atoms with Crippen LogP contribution in [0.4, 0.5) is 0 Å². The number of aromatic nitrogens is 4. The Hall–Kier alpha value is -4.26. The molecule has 1 amide bonds. The minimum Gasteiger partial charge on any atom is -0.493 e. The molecule has 3 fully saturated rings. The van der Waals surface area contributed by atoms with Crippen LogP contribution in [0.25, 0.3) is 39.3 Å². The highest BCUT2D eigenvalue weighted by molar-refractivity contribution is 6.39. The first kappa shape index (κ1) is 33.9. The third-order valence-corrected chi connectivity index (χ3v) is 11.0. The van der Waals surface area contributed by atoms with E-state index in [9.17, 15) is 4.79 Å². The Morgan fingerprint density at radius 1 is 1.00 bits per heavy atom. The number of pyridine rings is 3. The molecule has 6 heterocycles. The summed E-state index contributed by atoms with van der Waals surface area (Å²) in [7, 11) is 3.24. The molecule has 51 heavy (non-hydrogen) atoms. The first-order valence-electron chi connectivity index (χ1n) is 17.2. The van der Waals surface area contributed by atoms with Crippen molar-refractivity contribution in [2.45, 2.75) is 50.9 Å². The highest BCUT2D eigenvalue weighted by Gasteiger charge is 2.49. The van der Waals surface area contributed by atoms with Crippen molar-refractivity contribution in [3.8, 4) is 45.3 Å². The third kappa shape index (κ3) is 6.65. The van der Waals surface area contributed by atoms with Crippen LogP contribution in [0.2, 0.25) is 10.0 Å². The van der Waals surface area contributed by atoms with E-state index in [2.05, 4.69) is 20.9 Å². The quantitative estimate of drug-likeness (QED) is 0.140. The number of ether oxygens (including phenoxy) is 3. The molecule has 2 saturated heterocycles. The number of halogens is 2. The van der Waals surface area contributed by atoms with Gasteiger partial charge in [0.05, 0.1) is 54.6 Å². The maximum absolute atomic E-state index is 11.5. The number of rotatable bonds is 12. The molecule has 2 aliphatic heterocycles. The lowest BCUT2D eigenvalue weighted by Gasteiger charge is -2.53. The van der Waals surface area contributed by atoms with E-state index in [0.29, 0.717) is 70.6 Å². The number of amides is 1. The van der Waals surface area contributed by atoms with Crippen LogP contribution in [0.15, 0.2) is 61.1 Å². The lowest BCUT2D eigenvalue weighted by atomic mass is 9.64. The second-order valence-electron chi connectivity index (χ2n) is 13.7. The molecule has 1 aliphatic carbocycles. The van der Waals surface area contributed by atoms with Crippen LogP contribution in [0, 0.1) is 5.41 Å². The molecular formula is C38H39Cl2N7O4. The molecule has 4 aromatic heterocycles. The molecule has 264 valence electrons. The van der Waals surface area contributed by atoms with Gasteiger partial charge in [0.15, 0.2) is 11.4 Å². The monoisotopic (exact) mass is 727 g/mol. The van der Waals surface area contributed by atoms with E-state index in [1.807, 2.05) is 59.3 Å². The molecular weight excluding hydrogens is 689 g/mol. The van der Waals surface area contributed by atoms with Crippen LogP contribution in [0.3, 0.4) is 0 Å². The van der Waals surface area contributed by atoms with Crippen LogP contribution in [0.1, 0.15) is 36.9 Å². The zero-order chi connectivity index (χ0) is 35.1. The number of hydrogen-bond acceptors (Lipinski definition) is 9. The summed E-state index contributed by atoms with van der Waals surface area (Å²) in [5, 5.41) is 11.0. The SMILES string of the molecule is COc1nc(-c2cccc(-c3ccnc(-c4cc(OC)c5nc(CNC6CC7(COC7)C6)cn5c4)c3Cl)c2Cl)ccc1CNCC1CCC(=O)N1. The normalized spacial score (nSPS) is 18.1. The van der Waals surface area contributed by atoms with E-state index >= 15 is 0 Å². The van der Waals surface area contributed by atoms with Gasteiger partial charge in [-0.2, -0.15) is 0 Å². The van der Waals surface area contributed by atoms with Crippen LogP contribution in [-0.4, -0.2) is 71.3 Å². The number of imidazole rings is 1. The molecule has 1 aromatic carbocycles. The molecule has 3 N–H and O–H groups in total. The molecule has 3 aliphatic rings. The minimum absolute atomic E-state index is 0.101. The molecule has 13 heteroatoms. The third-order valence-electron chi connectivity index (χ3n) is 10.2. The van der Waals surface area contributed by atoms with Gasteiger partial charge in [-0.15, -0.1) is 0 Å². The van der Waals surface area contributed by atoms with Crippen molar-refractivity contribution >= 4 is 34.8 Å². The Morgan fingerprint density at radius 3 is 2.57 bits per heavy atom. The average molecular weight is 729 g/mol. The Kier molecular flexibility index (Phi) is 9.32. The van der Waals surface area contributed by atoms with Crippen LogP contribution < -0.4 is 25.4 Å². The fraction of sp³-hybridized carbons (Fsp3) is 0.368. The number of hydrogen-bond donors (Lipinski definition) is 3. The Bertz CT molecular complexity index is 2110. The van der Waals surface area contributed by atoms with Gasteiger partial charge in [0, 0.05) is 90.0 Å². The van der Waals surface area contributed by atoms with Crippen molar-refractivity contribution in [3.05, 3.63) is 82.4 Å². The Labute approximate surface area is 306 Å². The molecule has 1 spiro atoms. The molecule has 1 saturated carbocycles. The van der Waals surface area contributed by atoms with Gasteiger partial charge < -0.3 is 34.6 Å². The molecule has 8 rings (SSSR count). The van der Waals surface area contributed by atoms with Crippen LogP contribution in [0.5, 0.6) is 11.6 Å². The number of carbonyl (C=O) groups is 1. The minimum atomic E-state index is 0.101. The first-order chi connectivity index (χ1) is 24.8. The van der Waals surface area contributed by atoms with Gasteiger partial charge in [-0.3, -0.25) is 9.78 Å². The molecule has 0 radical (unpaired) electrons. The number of carbonyl (C=O) groups excluding carboxylic acids is 1. The number of nitrogens with zero attached hydrogens (tertiary/aromatic N) is 4. The fourth-order valence-electron chi connectivity index (χ4n) is 7.42. The zero-order valence-corrected chi connectivity index (χ0v) is 30.0. The Morgan fingerprint density at radius 2 is 1.82 bits per heavy atom. The average Bonchev–Trinajstić information content (AvgIpc) is 3.72. The van der Waals surface area contributed by atoms with Gasteiger partial charge >= 0.3 is 0 Å². The predicted octanol–water partition coefficient (Wildman–Crippen LogP) is 6.09. The maximum Gasteiger partial charge on any atom is 0.220 e. The summed E-state index contributed by atoms with van der Waals surface area (Å²) in [6.45, 7) is 3.68. The number of fused-ring (bicyclic) bond motifs is 1. The summed E-state index contributed by atoms with van der Waals surface area (Å²) in [5.41, 5.74) is 7.27. The summed E-state index contributed by atoms with van der Waals surface area (Å²) < 4.78 is 18.8. The Balaban J connectivity index is 1.03. The van der Waals surface area contributed by atoms with Gasteiger partial charge in [0.25, 0.3) is 0 Å². The van der Waals surface area contributed by atoms with Crippen LogP contribution in [-0.2, 0) is 22.6 Å². The molecule has 5 aromatic rings. The van der Waals surface area contributed by atoms with Crippen molar-refractivity contribution in [2.24, 2.45) is 5.41 Å². The summed E-state index contributed by atoms with van der Waals surface area (Å²) in [5.74, 6) is 1.23. The maximum atomic E-state index is 11.5. The summed E-state index contributed by atoms with van der Waals surface area (Å²) >= 11 is 14.3. The van der Waals surface area contributed by atoms with E-state index in [0.717, 1.165) is 71.6 Å². The highest BCUT2D eigenvalue weighted by atomic mass is 35.5. The summed E-state index contributed by atoms with van der Waals surface area (Å²) in [6.07, 6.45) is 9.45. The van der Waals surface area contributed by atoms with E-state index in [-0.39, 0.29) is 11.9 Å². The molecule has 1 atom stereocenters. The standard InChI is InChI=1S/C38H39Cl2N7O4/c1-49-31-12-23(18-47-19-26(45-36(31)47)17-43-25-13-38(14-25)20-51-21-38)35-34(40)28(10-11-42-35)27-4-3-5-29(33(27)39)30-8-6-22(37(46-30)50-2)15-41-16-24-7-9-32(48)44-24/h3-6,8,10-12,18-19,24-25,41,43H,7,9,13-17,20-21H2,1-2H3,(H,44,48). The zero-order valence-electron chi connectivity index (χ0n) is 28.5. The summed E-state index contributed by atoms with van der Waals surface area (Å²) in [6, 6.07) is 14.1. The number of nitrogens with one attached hydrogen (secondary N) is 3. The summed E-state index contributed by atoms with van der Waals surface area (Å²) in [4.78, 5) is 25.9. The van der Waals surface area contributed by atoms with Gasteiger partial charge in [0.2, 0.25) is 11.8 Å². The van der Waals surface area contributed by atoms with E-state index in [1.54, 1.807) is 20.4 Å². The number of benzene rings is 1. The fourth-order valence-corrected chi connectivity index (χ4v) is 8.07.